The molecule has 0 spiro atoms. The first-order chi connectivity index (χ1) is 9.55. The van der Waals surface area contributed by atoms with Gasteiger partial charge in [0.2, 0.25) is 5.91 Å². The second-order valence-electron chi connectivity index (χ2n) is 6.59. The van der Waals surface area contributed by atoms with Crippen LogP contribution in [0, 0.1) is 5.92 Å². The third-order valence-corrected chi connectivity index (χ3v) is 5.26. The van der Waals surface area contributed by atoms with Crippen molar-refractivity contribution in [3.8, 4) is 0 Å². The molecule has 114 valence electrons. The third-order valence-electron chi connectivity index (χ3n) is 5.26. The highest BCUT2D eigenvalue weighted by molar-refractivity contribution is 5.80. The fraction of sp³-hybridized carbons (Fsp3) is 0.875. The SMILES string of the molecule is CN(C(=O)C1CCCCC1)C1(CC(=O)O)CCCCC1. The summed E-state index contributed by atoms with van der Waals surface area (Å²) < 4.78 is 0. The van der Waals surface area contributed by atoms with E-state index in [4.69, 9.17) is 0 Å². The fourth-order valence-electron chi connectivity index (χ4n) is 3.98. The first kappa shape index (κ1) is 15.3. The molecule has 0 aromatic heterocycles. The van der Waals surface area contributed by atoms with Crippen LogP contribution in [0.1, 0.15) is 70.6 Å². The average Bonchev–Trinajstić information content (AvgIpc) is 2.47. The molecule has 0 unspecified atom stereocenters. The zero-order valence-corrected chi connectivity index (χ0v) is 12.6. The van der Waals surface area contributed by atoms with E-state index >= 15 is 0 Å². The van der Waals surface area contributed by atoms with E-state index in [2.05, 4.69) is 0 Å². The summed E-state index contributed by atoms with van der Waals surface area (Å²) in [6.45, 7) is 0. The normalized spacial score (nSPS) is 23.2. The summed E-state index contributed by atoms with van der Waals surface area (Å²) in [5.41, 5.74) is -0.432. The van der Waals surface area contributed by atoms with E-state index in [9.17, 15) is 14.7 Å². The predicted molar refractivity (Wildman–Crippen MR) is 77.4 cm³/mol. The third kappa shape index (κ3) is 3.33. The van der Waals surface area contributed by atoms with Gasteiger partial charge in [-0.3, -0.25) is 9.59 Å². The van der Waals surface area contributed by atoms with Crippen LogP contribution in [0.4, 0.5) is 0 Å². The van der Waals surface area contributed by atoms with Crippen molar-refractivity contribution in [2.45, 2.75) is 76.2 Å². The largest absolute Gasteiger partial charge is 0.481 e. The van der Waals surface area contributed by atoms with Gasteiger partial charge in [-0.2, -0.15) is 0 Å². The maximum Gasteiger partial charge on any atom is 0.305 e. The smallest absolute Gasteiger partial charge is 0.305 e. The van der Waals surface area contributed by atoms with Gasteiger partial charge < -0.3 is 10.0 Å². The molecule has 20 heavy (non-hydrogen) atoms. The number of hydrogen-bond donors (Lipinski definition) is 1. The van der Waals surface area contributed by atoms with Crippen LogP contribution in [0.25, 0.3) is 0 Å². The molecule has 2 saturated carbocycles. The van der Waals surface area contributed by atoms with Gasteiger partial charge in [0.05, 0.1) is 12.0 Å². The molecule has 0 atom stereocenters. The summed E-state index contributed by atoms with van der Waals surface area (Å²) in [5.74, 6) is -0.468. The molecular weight excluding hydrogens is 254 g/mol. The second kappa shape index (κ2) is 6.59. The Bertz CT molecular complexity index is 355. The lowest BCUT2D eigenvalue weighted by atomic mass is 9.77. The minimum Gasteiger partial charge on any atom is -0.481 e. The molecular formula is C16H27NO3. The maximum absolute atomic E-state index is 12.7. The van der Waals surface area contributed by atoms with E-state index in [-0.39, 0.29) is 18.2 Å². The Morgan fingerprint density at radius 1 is 1.05 bits per heavy atom. The standard InChI is InChI=1S/C16H27NO3/c1-17(15(20)13-8-4-2-5-9-13)16(12-14(18)19)10-6-3-7-11-16/h13H,2-12H2,1H3,(H,18,19). The van der Waals surface area contributed by atoms with Gasteiger partial charge in [0.15, 0.2) is 0 Å². The monoisotopic (exact) mass is 281 g/mol. The van der Waals surface area contributed by atoms with Crippen molar-refractivity contribution in [1.29, 1.82) is 0 Å². The quantitative estimate of drug-likeness (QED) is 0.861. The summed E-state index contributed by atoms with van der Waals surface area (Å²) in [6, 6.07) is 0. The van der Waals surface area contributed by atoms with Crippen molar-refractivity contribution in [2.24, 2.45) is 5.92 Å². The molecule has 0 aromatic rings. The molecule has 2 rings (SSSR count). The molecule has 2 fully saturated rings. The minimum atomic E-state index is -0.782. The average molecular weight is 281 g/mol. The summed E-state index contributed by atoms with van der Waals surface area (Å²) in [6.07, 6.45) is 10.5. The first-order valence-electron chi connectivity index (χ1n) is 8.05. The summed E-state index contributed by atoms with van der Waals surface area (Å²) >= 11 is 0. The Kier molecular flexibility index (Phi) is 5.06. The van der Waals surface area contributed by atoms with Crippen LogP contribution < -0.4 is 0 Å². The van der Waals surface area contributed by atoms with Gasteiger partial charge in [-0.15, -0.1) is 0 Å². The lowest BCUT2D eigenvalue weighted by molar-refractivity contribution is -0.148. The van der Waals surface area contributed by atoms with Crippen LogP contribution >= 0.6 is 0 Å². The number of aliphatic carboxylic acids is 1. The van der Waals surface area contributed by atoms with Gasteiger partial charge in [-0.1, -0.05) is 38.5 Å². The molecule has 2 aliphatic carbocycles. The summed E-state index contributed by atoms with van der Waals surface area (Å²) in [5, 5.41) is 9.23. The van der Waals surface area contributed by atoms with Crippen molar-refractivity contribution in [2.75, 3.05) is 7.05 Å². The maximum atomic E-state index is 12.7. The molecule has 1 amide bonds. The molecule has 0 radical (unpaired) electrons. The van der Waals surface area contributed by atoms with Gasteiger partial charge in [0.1, 0.15) is 0 Å². The van der Waals surface area contributed by atoms with Crippen molar-refractivity contribution >= 4 is 11.9 Å². The van der Waals surface area contributed by atoms with Crippen LogP contribution in [-0.2, 0) is 9.59 Å². The first-order valence-corrected chi connectivity index (χ1v) is 8.05. The predicted octanol–water partition coefficient (Wildman–Crippen LogP) is 3.20. The van der Waals surface area contributed by atoms with Crippen LogP contribution in [0.15, 0.2) is 0 Å². The molecule has 0 aromatic carbocycles. The number of carboxylic acid groups (broad SMARTS) is 1. The van der Waals surface area contributed by atoms with Gasteiger partial charge >= 0.3 is 5.97 Å². The Labute approximate surface area is 121 Å². The van der Waals surface area contributed by atoms with Crippen molar-refractivity contribution < 1.29 is 14.7 Å². The number of carboxylic acids is 1. The molecule has 0 heterocycles. The fourth-order valence-corrected chi connectivity index (χ4v) is 3.98. The highest BCUT2D eigenvalue weighted by atomic mass is 16.4. The van der Waals surface area contributed by atoms with E-state index in [0.717, 1.165) is 57.8 Å². The molecule has 0 saturated heterocycles. The highest BCUT2D eigenvalue weighted by Crippen LogP contribution is 2.38. The van der Waals surface area contributed by atoms with Gasteiger partial charge in [-0.05, 0) is 25.7 Å². The zero-order valence-electron chi connectivity index (χ0n) is 12.6. The van der Waals surface area contributed by atoms with E-state index in [1.54, 1.807) is 0 Å². The number of carbonyl (C=O) groups excluding carboxylic acids is 1. The number of amides is 1. The van der Waals surface area contributed by atoms with E-state index in [1.807, 2.05) is 11.9 Å². The van der Waals surface area contributed by atoms with Crippen LogP contribution in [0.3, 0.4) is 0 Å². The van der Waals surface area contributed by atoms with Crippen molar-refractivity contribution in [3.05, 3.63) is 0 Å². The Morgan fingerprint density at radius 3 is 2.15 bits per heavy atom. The van der Waals surface area contributed by atoms with Crippen molar-refractivity contribution in [3.63, 3.8) is 0 Å². The number of rotatable bonds is 4. The van der Waals surface area contributed by atoms with Gasteiger partial charge in [-0.25, -0.2) is 0 Å². The lowest BCUT2D eigenvalue weighted by Gasteiger charge is -2.45. The second-order valence-corrected chi connectivity index (χ2v) is 6.59. The van der Waals surface area contributed by atoms with E-state index < -0.39 is 11.5 Å². The molecule has 2 aliphatic rings. The van der Waals surface area contributed by atoms with E-state index in [1.165, 1.54) is 6.42 Å². The summed E-state index contributed by atoms with van der Waals surface area (Å²) in [4.78, 5) is 25.8. The van der Waals surface area contributed by atoms with Crippen LogP contribution in [-0.4, -0.2) is 34.5 Å². The molecule has 4 heteroatoms. The van der Waals surface area contributed by atoms with Gasteiger partial charge in [0, 0.05) is 13.0 Å². The molecule has 0 bridgehead atoms. The molecule has 4 nitrogen and oxygen atoms in total. The highest BCUT2D eigenvalue weighted by Gasteiger charge is 2.42. The lowest BCUT2D eigenvalue weighted by Crippen LogP contribution is -2.53. The Hall–Kier alpha value is -1.06. The Morgan fingerprint density at radius 2 is 1.60 bits per heavy atom. The minimum absolute atomic E-state index is 0.0992. The topological polar surface area (TPSA) is 57.6 Å². The zero-order chi connectivity index (χ0) is 14.6. The van der Waals surface area contributed by atoms with Gasteiger partial charge in [0.25, 0.3) is 0 Å². The van der Waals surface area contributed by atoms with Crippen LogP contribution in [0.5, 0.6) is 0 Å². The van der Waals surface area contributed by atoms with E-state index in [0.29, 0.717) is 0 Å². The van der Waals surface area contributed by atoms with Crippen LogP contribution in [0.2, 0.25) is 0 Å². The molecule has 0 aliphatic heterocycles. The number of hydrogen-bond acceptors (Lipinski definition) is 2. The molecule has 1 N–H and O–H groups in total. The van der Waals surface area contributed by atoms with Crippen molar-refractivity contribution in [1.82, 2.24) is 4.90 Å². The Balaban J connectivity index is 2.10. The summed E-state index contributed by atoms with van der Waals surface area (Å²) in [7, 11) is 1.84. The number of nitrogens with zero attached hydrogens (tertiary/aromatic N) is 1. The number of carbonyl (C=O) groups is 2.